The van der Waals surface area contributed by atoms with Crippen LogP contribution < -0.4 is 16.2 Å². The van der Waals surface area contributed by atoms with E-state index in [0.717, 1.165) is 54.7 Å². The third-order valence-electron chi connectivity index (χ3n) is 9.36. The molecule has 3 heterocycles. The molecule has 11 heteroatoms. The summed E-state index contributed by atoms with van der Waals surface area (Å²) in [5, 5.41) is 15.9. The van der Waals surface area contributed by atoms with Crippen molar-refractivity contribution < 1.29 is 18.4 Å². The topological polar surface area (TPSA) is 120 Å². The summed E-state index contributed by atoms with van der Waals surface area (Å²) in [4.78, 5) is 46.2. The number of amides is 2. The Labute approximate surface area is 259 Å². The standard InChI is InChI=1S/C34H34F2N6O3/c1-33(9-2-10-33)38-16-21-12-27(32(45)42(17-21)24-6-7-24)30(43)40-29-14-23(13-28(39-29)22-4-5-22)25-8-3-20(15-37)11-26(25)31(44)41-18-34(35,36)19-41/h3,8,11-14,17,22,24,38H,2,4-7,9-10,16,18-19H2,1H3,(H,39,40,43). The Hall–Kier alpha value is -4.43. The van der Waals surface area contributed by atoms with Crippen molar-refractivity contribution in [1.82, 2.24) is 19.8 Å². The molecule has 4 aliphatic rings. The second-order valence-corrected chi connectivity index (χ2v) is 13.3. The molecule has 4 fully saturated rings. The van der Waals surface area contributed by atoms with Crippen LogP contribution in [-0.4, -0.2) is 50.8 Å². The molecule has 1 saturated heterocycles. The summed E-state index contributed by atoms with van der Waals surface area (Å²) in [6, 6.07) is 11.8. The number of carbonyl (C=O) groups is 2. The van der Waals surface area contributed by atoms with E-state index in [1.54, 1.807) is 28.8 Å². The molecular weight excluding hydrogens is 578 g/mol. The molecule has 3 saturated carbocycles. The van der Waals surface area contributed by atoms with Crippen LogP contribution in [0, 0.1) is 11.3 Å². The van der Waals surface area contributed by atoms with Crippen LogP contribution in [0.2, 0.25) is 0 Å². The van der Waals surface area contributed by atoms with Gasteiger partial charge in [0.15, 0.2) is 0 Å². The number of nitrogens with zero attached hydrogens (tertiary/aromatic N) is 4. The Bertz CT molecular complexity index is 1810. The molecule has 45 heavy (non-hydrogen) atoms. The Morgan fingerprint density at radius 3 is 2.44 bits per heavy atom. The minimum atomic E-state index is -2.93. The van der Waals surface area contributed by atoms with E-state index in [9.17, 15) is 28.4 Å². The lowest BCUT2D eigenvalue weighted by Gasteiger charge is -2.39. The lowest BCUT2D eigenvalue weighted by Crippen LogP contribution is -2.58. The van der Waals surface area contributed by atoms with Gasteiger partial charge in [0.2, 0.25) is 0 Å². The van der Waals surface area contributed by atoms with Crippen LogP contribution in [0.15, 0.2) is 47.4 Å². The average Bonchev–Trinajstić information content (AvgIpc) is 3.91. The Balaban J connectivity index is 1.21. The van der Waals surface area contributed by atoms with Crippen molar-refractivity contribution in [3.05, 3.63) is 80.9 Å². The van der Waals surface area contributed by atoms with Crippen molar-refractivity contribution in [2.45, 2.75) is 81.8 Å². The monoisotopic (exact) mass is 612 g/mol. The van der Waals surface area contributed by atoms with Crippen molar-refractivity contribution in [2.75, 3.05) is 18.4 Å². The van der Waals surface area contributed by atoms with Gasteiger partial charge in [-0.05, 0) is 98.9 Å². The number of carbonyl (C=O) groups excluding carboxylic acids is 2. The van der Waals surface area contributed by atoms with E-state index in [2.05, 4.69) is 22.5 Å². The summed E-state index contributed by atoms with van der Waals surface area (Å²) >= 11 is 0. The molecule has 1 aromatic carbocycles. The van der Waals surface area contributed by atoms with E-state index in [1.807, 2.05) is 18.3 Å². The SMILES string of the molecule is CC1(NCc2cc(C(=O)Nc3cc(-c4ccc(C#N)cc4C(=O)N4CC(F)(F)C4)cc(C4CC4)n3)c(=O)n(C3CC3)c2)CCC1. The molecule has 1 aliphatic heterocycles. The van der Waals surface area contributed by atoms with Crippen molar-refractivity contribution in [3.8, 4) is 17.2 Å². The number of hydrogen-bond acceptors (Lipinski definition) is 6. The second kappa shape index (κ2) is 10.9. The van der Waals surface area contributed by atoms with Crippen LogP contribution in [0.5, 0.6) is 0 Å². The molecule has 2 aromatic heterocycles. The van der Waals surface area contributed by atoms with E-state index in [0.29, 0.717) is 17.7 Å². The van der Waals surface area contributed by atoms with Gasteiger partial charge in [-0.1, -0.05) is 6.07 Å². The number of aromatic nitrogens is 2. The summed E-state index contributed by atoms with van der Waals surface area (Å²) in [7, 11) is 0. The molecule has 3 aliphatic carbocycles. The smallest absolute Gasteiger partial charge is 0.282 e. The molecule has 2 amide bonds. The van der Waals surface area contributed by atoms with Gasteiger partial charge in [-0.25, -0.2) is 13.8 Å². The van der Waals surface area contributed by atoms with Crippen LogP contribution in [0.4, 0.5) is 14.6 Å². The molecule has 9 nitrogen and oxygen atoms in total. The lowest BCUT2D eigenvalue weighted by atomic mass is 9.78. The lowest BCUT2D eigenvalue weighted by molar-refractivity contribution is -0.113. The number of likely N-dealkylation sites (tertiary alicyclic amines) is 1. The molecular formula is C34H34F2N6O3. The molecule has 0 spiro atoms. The first kappa shape index (κ1) is 29.3. The number of halogens is 2. The molecule has 0 bridgehead atoms. The van der Waals surface area contributed by atoms with Gasteiger partial charge in [0.1, 0.15) is 11.4 Å². The first-order valence-electron chi connectivity index (χ1n) is 15.6. The number of nitriles is 1. The summed E-state index contributed by atoms with van der Waals surface area (Å²) in [5.41, 5.74) is 2.70. The van der Waals surface area contributed by atoms with Crippen molar-refractivity contribution >= 4 is 17.6 Å². The number of hydrogen-bond donors (Lipinski definition) is 2. The molecule has 7 rings (SSSR count). The third-order valence-corrected chi connectivity index (χ3v) is 9.36. The summed E-state index contributed by atoms with van der Waals surface area (Å²) in [6.07, 6.45) is 8.84. The Morgan fingerprint density at radius 1 is 1.07 bits per heavy atom. The van der Waals surface area contributed by atoms with Gasteiger partial charge < -0.3 is 20.1 Å². The van der Waals surface area contributed by atoms with Gasteiger partial charge in [0, 0.05) is 41.5 Å². The number of nitrogens with one attached hydrogen (secondary N) is 2. The zero-order valence-electron chi connectivity index (χ0n) is 25.0. The molecule has 0 unspecified atom stereocenters. The highest BCUT2D eigenvalue weighted by Gasteiger charge is 2.46. The van der Waals surface area contributed by atoms with E-state index in [1.165, 1.54) is 12.5 Å². The first-order valence-corrected chi connectivity index (χ1v) is 15.6. The van der Waals surface area contributed by atoms with Gasteiger partial charge >= 0.3 is 0 Å². The highest BCUT2D eigenvalue weighted by Crippen LogP contribution is 2.42. The van der Waals surface area contributed by atoms with Crippen LogP contribution in [-0.2, 0) is 6.54 Å². The van der Waals surface area contributed by atoms with E-state index >= 15 is 0 Å². The fourth-order valence-electron chi connectivity index (χ4n) is 6.16. The van der Waals surface area contributed by atoms with Gasteiger partial charge in [-0.3, -0.25) is 14.4 Å². The minimum Gasteiger partial charge on any atom is -0.326 e. The quantitative estimate of drug-likeness (QED) is 0.335. The highest BCUT2D eigenvalue weighted by atomic mass is 19.3. The van der Waals surface area contributed by atoms with Crippen LogP contribution in [0.1, 0.15) is 101 Å². The predicted octanol–water partition coefficient (Wildman–Crippen LogP) is 5.37. The van der Waals surface area contributed by atoms with Crippen LogP contribution in [0.3, 0.4) is 0 Å². The summed E-state index contributed by atoms with van der Waals surface area (Å²) < 4.78 is 28.9. The van der Waals surface area contributed by atoms with Crippen LogP contribution >= 0.6 is 0 Å². The number of pyridine rings is 2. The molecule has 3 aromatic rings. The first-order chi connectivity index (χ1) is 21.5. The predicted molar refractivity (Wildman–Crippen MR) is 163 cm³/mol. The maximum Gasteiger partial charge on any atom is 0.282 e. The molecule has 0 atom stereocenters. The fourth-order valence-corrected chi connectivity index (χ4v) is 6.16. The van der Waals surface area contributed by atoms with Gasteiger partial charge in [-0.2, -0.15) is 5.26 Å². The Morgan fingerprint density at radius 2 is 1.82 bits per heavy atom. The van der Waals surface area contributed by atoms with E-state index in [-0.39, 0.29) is 45.6 Å². The fraction of sp³-hybridized carbons (Fsp3) is 0.441. The van der Waals surface area contributed by atoms with Gasteiger partial charge in [0.05, 0.1) is 24.7 Å². The zero-order chi connectivity index (χ0) is 31.5. The highest BCUT2D eigenvalue weighted by molar-refractivity contribution is 6.05. The summed E-state index contributed by atoms with van der Waals surface area (Å²) in [5.74, 6) is -3.69. The number of benzene rings is 1. The van der Waals surface area contributed by atoms with E-state index < -0.39 is 30.8 Å². The van der Waals surface area contributed by atoms with Crippen molar-refractivity contribution in [2.24, 2.45) is 0 Å². The second-order valence-electron chi connectivity index (χ2n) is 13.3. The number of alkyl halides is 2. The normalized spacial score (nSPS) is 19.6. The zero-order valence-corrected chi connectivity index (χ0v) is 25.0. The number of rotatable bonds is 9. The van der Waals surface area contributed by atoms with Crippen molar-refractivity contribution in [1.29, 1.82) is 5.26 Å². The van der Waals surface area contributed by atoms with E-state index in [4.69, 9.17) is 0 Å². The minimum absolute atomic E-state index is 0.0353. The maximum absolute atomic E-state index is 13.7. The average molecular weight is 613 g/mol. The number of anilines is 1. The molecule has 0 radical (unpaired) electrons. The molecule has 2 N–H and O–H groups in total. The molecule has 232 valence electrons. The largest absolute Gasteiger partial charge is 0.326 e. The maximum atomic E-state index is 13.7. The van der Waals surface area contributed by atoms with Crippen LogP contribution in [0.25, 0.3) is 11.1 Å². The Kier molecular flexibility index (Phi) is 7.08. The van der Waals surface area contributed by atoms with Gasteiger partial charge in [0.25, 0.3) is 23.3 Å². The summed E-state index contributed by atoms with van der Waals surface area (Å²) in [6.45, 7) is 1.36. The van der Waals surface area contributed by atoms with Gasteiger partial charge in [-0.15, -0.1) is 0 Å². The third kappa shape index (κ3) is 5.99. The van der Waals surface area contributed by atoms with Crippen molar-refractivity contribution in [3.63, 3.8) is 0 Å².